The largest absolute Gasteiger partial charge is 0.325 e. The van der Waals surface area contributed by atoms with E-state index in [-0.39, 0.29) is 17.1 Å². The van der Waals surface area contributed by atoms with Gasteiger partial charge in [-0.1, -0.05) is 26.7 Å². The number of carbonyl (C=O) groups is 1. The Hall–Kier alpha value is -1.42. The van der Waals surface area contributed by atoms with Crippen LogP contribution in [0.3, 0.4) is 0 Å². The number of hydrogen-bond acceptors (Lipinski definition) is 2. The Labute approximate surface area is 120 Å². The molecule has 1 fully saturated rings. The maximum atomic E-state index is 12.8. The number of amides is 1. The molecule has 110 valence electrons. The molecule has 0 radical (unpaired) electrons. The van der Waals surface area contributed by atoms with Gasteiger partial charge in [0.15, 0.2) is 0 Å². The van der Waals surface area contributed by atoms with E-state index in [9.17, 15) is 9.18 Å². The van der Waals surface area contributed by atoms with Crippen LogP contribution in [0.15, 0.2) is 24.3 Å². The van der Waals surface area contributed by atoms with E-state index in [1.807, 2.05) is 0 Å². The summed E-state index contributed by atoms with van der Waals surface area (Å²) in [5, 5.41) is 6.13. The molecular weight excluding hydrogens is 255 g/mol. The van der Waals surface area contributed by atoms with E-state index in [0.717, 1.165) is 6.42 Å². The van der Waals surface area contributed by atoms with Gasteiger partial charge in [-0.2, -0.15) is 0 Å². The summed E-state index contributed by atoms with van der Waals surface area (Å²) >= 11 is 0. The van der Waals surface area contributed by atoms with E-state index in [2.05, 4.69) is 24.5 Å². The van der Waals surface area contributed by atoms with Crippen molar-refractivity contribution in [1.29, 1.82) is 0 Å². The number of anilines is 1. The van der Waals surface area contributed by atoms with E-state index < -0.39 is 0 Å². The fourth-order valence-corrected chi connectivity index (χ4v) is 2.83. The lowest BCUT2D eigenvalue weighted by atomic mass is 9.73. The van der Waals surface area contributed by atoms with Gasteiger partial charge < -0.3 is 10.6 Å². The Morgan fingerprint density at radius 3 is 2.65 bits per heavy atom. The summed E-state index contributed by atoms with van der Waals surface area (Å²) in [5.74, 6) is -0.386. The van der Waals surface area contributed by atoms with Gasteiger partial charge in [0.05, 0.1) is 6.54 Å². The second-order valence-corrected chi connectivity index (χ2v) is 6.22. The normalized spacial score (nSPS) is 21.4. The van der Waals surface area contributed by atoms with Crippen LogP contribution in [0.4, 0.5) is 10.1 Å². The van der Waals surface area contributed by atoms with Crippen molar-refractivity contribution in [3.05, 3.63) is 30.1 Å². The quantitative estimate of drug-likeness (QED) is 0.887. The van der Waals surface area contributed by atoms with Gasteiger partial charge in [0.1, 0.15) is 5.82 Å². The molecule has 0 saturated heterocycles. The third kappa shape index (κ3) is 4.04. The van der Waals surface area contributed by atoms with Crippen LogP contribution in [-0.2, 0) is 4.79 Å². The molecule has 1 unspecified atom stereocenters. The van der Waals surface area contributed by atoms with E-state index in [1.165, 1.54) is 31.4 Å². The Morgan fingerprint density at radius 1 is 1.30 bits per heavy atom. The zero-order valence-electron chi connectivity index (χ0n) is 12.2. The van der Waals surface area contributed by atoms with Crippen LogP contribution in [0.5, 0.6) is 0 Å². The predicted molar refractivity (Wildman–Crippen MR) is 79.1 cm³/mol. The summed E-state index contributed by atoms with van der Waals surface area (Å²) < 4.78 is 12.8. The molecule has 1 aromatic carbocycles. The number of halogens is 1. The second kappa shape index (κ2) is 6.35. The van der Waals surface area contributed by atoms with Gasteiger partial charge in [-0.05, 0) is 42.5 Å². The highest BCUT2D eigenvalue weighted by Gasteiger charge is 2.31. The minimum atomic E-state index is -0.301. The highest BCUT2D eigenvalue weighted by atomic mass is 19.1. The maximum absolute atomic E-state index is 12.8. The van der Waals surface area contributed by atoms with Crippen LogP contribution in [0, 0.1) is 11.2 Å². The first kappa shape index (κ1) is 15.0. The summed E-state index contributed by atoms with van der Waals surface area (Å²) in [4.78, 5) is 11.9. The molecule has 1 amide bonds. The first-order valence-corrected chi connectivity index (χ1v) is 7.26. The van der Waals surface area contributed by atoms with Gasteiger partial charge in [0, 0.05) is 11.7 Å². The summed E-state index contributed by atoms with van der Waals surface area (Å²) in [6.45, 7) is 4.80. The van der Waals surface area contributed by atoms with Crippen molar-refractivity contribution in [2.75, 3.05) is 11.9 Å². The lowest BCUT2D eigenvalue weighted by Gasteiger charge is -2.39. The zero-order chi connectivity index (χ0) is 14.6. The van der Waals surface area contributed by atoms with Crippen LogP contribution in [-0.4, -0.2) is 18.5 Å². The van der Waals surface area contributed by atoms with Crippen molar-refractivity contribution >= 4 is 11.6 Å². The second-order valence-electron chi connectivity index (χ2n) is 6.22. The average Bonchev–Trinajstić information content (AvgIpc) is 2.40. The van der Waals surface area contributed by atoms with E-state index in [4.69, 9.17) is 0 Å². The molecule has 0 aromatic heterocycles. The fraction of sp³-hybridized carbons (Fsp3) is 0.562. The van der Waals surface area contributed by atoms with E-state index in [0.29, 0.717) is 18.3 Å². The first-order chi connectivity index (χ1) is 9.47. The van der Waals surface area contributed by atoms with Crippen molar-refractivity contribution in [2.45, 2.75) is 45.6 Å². The zero-order valence-corrected chi connectivity index (χ0v) is 12.2. The van der Waals surface area contributed by atoms with Crippen molar-refractivity contribution < 1.29 is 9.18 Å². The Balaban J connectivity index is 1.81. The molecule has 2 N–H and O–H groups in total. The predicted octanol–water partition coefficient (Wildman–Crippen LogP) is 3.32. The molecule has 0 bridgehead atoms. The van der Waals surface area contributed by atoms with Crippen molar-refractivity contribution in [2.24, 2.45) is 5.41 Å². The Kier molecular flexibility index (Phi) is 4.76. The van der Waals surface area contributed by atoms with Crippen LogP contribution < -0.4 is 10.6 Å². The van der Waals surface area contributed by atoms with Crippen LogP contribution in [0.25, 0.3) is 0 Å². The standard InChI is InChI=1S/C16H23FN2O/c1-16(2)10-4-3-5-14(16)18-11-15(20)19-13-8-6-12(17)7-9-13/h6-9,14,18H,3-5,10-11H2,1-2H3,(H,19,20). The van der Waals surface area contributed by atoms with Crippen LogP contribution in [0.2, 0.25) is 0 Å². The molecule has 3 nitrogen and oxygen atoms in total. The van der Waals surface area contributed by atoms with Crippen molar-refractivity contribution in [3.8, 4) is 0 Å². The summed E-state index contributed by atoms with van der Waals surface area (Å²) in [5.41, 5.74) is 0.870. The smallest absolute Gasteiger partial charge is 0.238 e. The van der Waals surface area contributed by atoms with Crippen molar-refractivity contribution in [1.82, 2.24) is 5.32 Å². The van der Waals surface area contributed by atoms with Gasteiger partial charge in [0.2, 0.25) is 5.91 Å². The molecule has 1 aliphatic rings. The van der Waals surface area contributed by atoms with E-state index >= 15 is 0 Å². The van der Waals surface area contributed by atoms with E-state index in [1.54, 1.807) is 12.1 Å². The molecule has 0 spiro atoms. The number of benzene rings is 1. The summed E-state index contributed by atoms with van der Waals surface area (Å²) in [7, 11) is 0. The maximum Gasteiger partial charge on any atom is 0.238 e. The third-order valence-corrected chi connectivity index (χ3v) is 4.14. The monoisotopic (exact) mass is 278 g/mol. The third-order valence-electron chi connectivity index (χ3n) is 4.14. The average molecular weight is 278 g/mol. The molecular formula is C16H23FN2O. The van der Waals surface area contributed by atoms with Gasteiger partial charge in [-0.15, -0.1) is 0 Å². The first-order valence-electron chi connectivity index (χ1n) is 7.26. The molecule has 0 heterocycles. The Bertz CT molecular complexity index is 456. The number of rotatable bonds is 4. The summed E-state index contributed by atoms with van der Waals surface area (Å²) in [6.07, 6.45) is 4.81. The molecule has 1 saturated carbocycles. The number of nitrogens with one attached hydrogen (secondary N) is 2. The van der Waals surface area contributed by atoms with Crippen LogP contribution >= 0.6 is 0 Å². The molecule has 1 aliphatic carbocycles. The Morgan fingerprint density at radius 2 is 2.00 bits per heavy atom. The highest BCUT2D eigenvalue weighted by Crippen LogP contribution is 2.35. The van der Waals surface area contributed by atoms with Gasteiger partial charge >= 0.3 is 0 Å². The molecule has 2 rings (SSSR count). The lowest BCUT2D eigenvalue weighted by Crippen LogP contribution is -2.46. The minimum absolute atomic E-state index is 0.0852. The number of carbonyl (C=O) groups excluding carboxylic acids is 1. The van der Waals surface area contributed by atoms with Gasteiger partial charge in [0.25, 0.3) is 0 Å². The highest BCUT2D eigenvalue weighted by molar-refractivity contribution is 5.92. The molecule has 4 heteroatoms. The molecule has 1 atom stereocenters. The molecule has 1 aromatic rings. The lowest BCUT2D eigenvalue weighted by molar-refractivity contribution is -0.115. The minimum Gasteiger partial charge on any atom is -0.325 e. The number of hydrogen-bond donors (Lipinski definition) is 2. The van der Waals surface area contributed by atoms with Crippen molar-refractivity contribution in [3.63, 3.8) is 0 Å². The van der Waals surface area contributed by atoms with Gasteiger partial charge in [-0.25, -0.2) is 4.39 Å². The fourth-order valence-electron chi connectivity index (χ4n) is 2.83. The van der Waals surface area contributed by atoms with Gasteiger partial charge in [-0.3, -0.25) is 4.79 Å². The van der Waals surface area contributed by atoms with Crippen LogP contribution in [0.1, 0.15) is 39.5 Å². The summed E-state index contributed by atoms with van der Waals surface area (Å²) in [6, 6.07) is 6.20. The topological polar surface area (TPSA) is 41.1 Å². The SMILES string of the molecule is CC1(C)CCCCC1NCC(=O)Nc1ccc(F)cc1. The molecule has 0 aliphatic heterocycles. The molecule has 20 heavy (non-hydrogen) atoms.